The zero-order valence-corrected chi connectivity index (χ0v) is 8.75. The Kier molecular flexibility index (Phi) is 2.01. The van der Waals surface area contributed by atoms with Crippen molar-refractivity contribution in [3.8, 4) is 0 Å². The number of aromatic carboxylic acids is 1. The summed E-state index contributed by atoms with van der Waals surface area (Å²) in [5.41, 5.74) is 2.89. The highest BCUT2D eigenvalue weighted by molar-refractivity contribution is 5.93. The second-order valence-corrected chi connectivity index (χ2v) is 3.70. The molecule has 0 saturated carbocycles. The Balaban J connectivity index is 2.36. The van der Waals surface area contributed by atoms with Crippen LogP contribution in [0.25, 0.3) is 22.1 Å². The number of hydrogen-bond acceptors (Lipinski definition) is 4. The van der Waals surface area contributed by atoms with Crippen molar-refractivity contribution >= 4 is 28.0 Å². The van der Waals surface area contributed by atoms with Crippen molar-refractivity contribution in [2.45, 2.75) is 0 Å². The van der Waals surface area contributed by atoms with Crippen LogP contribution in [-0.2, 0) is 0 Å². The van der Waals surface area contributed by atoms with E-state index in [4.69, 9.17) is 0 Å². The minimum atomic E-state index is -1.21. The maximum Gasteiger partial charge on any atom is 0.0901 e. The first-order chi connectivity index (χ1) is 8.24. The van der Waals surface area contributed by atoms with Crippen LogP contribution in [0.4, 0.5) is 0 Å². The number of aromatic nitrogens is 2. The predicted molar refractivity (Wildman–Crippen MR) is 61.4 cm³/mol. The molecule has 17 heavy (non-hydrogen) atoms. The molecule has 0 aliphatic rings. The molecule has 2 aromatic carbocycles. The van der Waals surface area contributed by atoms with Gasteiger partial charge in [-0.3, -0.25) is 0 Å². The minimum Gasteiger partial charge on any atom is -0.545 e. The van der Waals surface area contributed by atoms with Gasteiger partial charge >= 0.3 is 0 Å². The summed E-state index contributed by atoms with van der Waals surface area (Å²) in [6.45, 7) is 0. The summed E-state index contributed by atoms with van der Waals surface area (Å²) < 4.78 is 0. The van der Waals surface area contributed by atoms with E-state index in [9.17, 15) is 9.90 Å². The number of hydrogen-bond donors (Lipinski definition) is 0. The second kappa shape index (κ2) is 3.52. The highest BCUT2D eigenvalue weighted by Crippen LogP contribution is 2.16. The molecule has 0 atom stereocenters. The van der Waals surface area contributed by atoms with Gasteiger partial charge in [-0.1, -0.05) is 18.2 Å². The van der Waals surface area contributed by atoms with E-state index in [2.05, 4.69) is 9.97 Å². The fourth-order valence-corrected chi connectivity index (χ4v) is 1.75. The van der Waals surface area contributed by atoms with Crippen LogP contribution in [-0.4, -0.2) is 15.9 Å². The molecule has 1 heterocycles. The first-order valence-corrected chi connectivity index (χ1v) is 5.12. The Morgan fingerprint density at radius 1 is 0.882 bits per heavy atom. The molecule has 0 aliphatic carbocycles. The van der Waals surface area contributed by atoms with Crippen molar-refractivity contribution in [2.24, 2.45) is 0 Å². The number of fused-ring (bicyclic) bond motifs is 2. The molecule has 82 valence electrons. The first kappa shape index (κ1) is 9.72. The summed E-state index contributed by atoms with van der Waals surface area (Å²) in [7, 11) is 0. The zero-order chi connectivity index (χ0) is 11.8. The highest BCUT2D eigenvalue weighted by Gasteiger charge is 2.02. The van der Waals surface area contributed by atoms with Crippen LogP contribution in [0.15, 0.2) is 42.5 Å². The number of carboxylic acids is 1. The van der Waals surface area contributed by atoms with Crippen molar-refractivity contribution in [1.82, 2.24) is 9.97 Å². The third-order valence-corrected chi connectivity index (χ3v) is 2.57. The van der Waals surface area contributed by atoms with Gasteiger partial charge in [-0.15, -0.1) is 0 Å². The van der Waals surface area contributed by atoms with Crippen molar-refractivity contribution in [1.29, 1.82) is 0 Å². The topological polar surface area (TPSA) is 65.9 Å². The summed E-state index contributed by atoms with van der Waals surface area (Å²) in [4.78, 5) is 19.5. The molecular weight excluding hydrogens is 216 g/mol. The molecule has 1 aromatic heterocycles. The van der Waals surface area contributed by atoms with Crippen molar-refractivity contribution in [3.05, 3.63) is 48.0 Å². The molecule has 3 aromatic rings. The molecule has 0 bridgehead atoms. The molecule has 0 fully saturated rings. The quantitative estimate of drug-likeness (QED) is 0.580. The summed E-state index contributed by atoms with van der Waals surface area (Å²) >= 11 is 0. The van der Waals surface area contributed by atoms with Crippen molar-refractivity contribution < 1.29 is 9.90 Å². The van der Waals surface area contributed by atoms with Crippen LogP contribution >= 0.6 is 0 Å². The van der Waals surface area contributed by atoms with Crippen LogP contribution < -0.4 is 5.11 Å². The molecule has 0 amide bonds. The largest absolute Gasteiger partial charge is 0.545 e. The Bertz CT molecular complexity index is 738. The third-order valence-electron chi connectivity index (χ3n) is 2.57. The lowest BCUT2D eigenvalue weighted by Gasteiger charge is -2.04. The summed E-state index contributed by atoms with van der Waals surface area (Å²) in [5.74, 6) is -1.21. The molecule has 4 heteroatoms. The lowest BCUT2D eigenvalue weighted by molar-refractivity contribution is -0.255. The van der Waals surface area contributed by atoms with E-state index >= 15 is 0 Å². The summed E-state index contributed by atoms with van der Waals surface area (Å²) in [6, 6.07) is 12.1. The molecular formula is C13H7N2O2-. The lowest BCUT2D eigenvalue weighted by atomic mass is 10.2. The van der Waals surface area contributed by atoms with Gasteiger partial charge in [-0.2, -0.15) is 0 Å². The van der Waals surface area contributed by atoms with Crippen LogP contribution in [0.1, 0.15) is 10.4 Å². The van der Waals surface area contributed by atoms with Gasteiger partial charge in [0, 0.05) is 0 Å². The smallest absolute Gasteiger partial charge is 0.0901 e. The normalized spacial score (nSPS) is 10.8. The van der Waals surface area contributed by atoms with Gasteiger partial charge in [-0.25, -0.2) is 9.97 Å². The van der Waals surface area contributed by atoms with Gasteiger partial charge in [0.15, 0.2) is 0 Å². The van der Waals surface area contributed by atoms with Crippen LogP contribution in [0, 0.1) is 0 Å². The Morgan fingerprint density at radius 2 is 1.47 bits per heavy atom. The Hall–Kier alpha value is -2.49. The van der Waals surface area contributed by atoms with Crippen molar-refractivity contribution in [3.63, 3.8) is 0 Å². The fraction of sp³-hybridized carbons (Fsp3) is 0. The van der Waals surface area contributed by atoms with Crippen molar-refractivity contribution in [2.75, 3.05) is 0 Å². The second-order valence-electron chi connectivity index (χ2n) is 3.70. The average Bonchev–Trinajstić information content (AvgIpc) is 2.35. The van der Waals surface area contributed by atoms with Gasteiger partial charge < -0.3 is 9.90 Å². The van der Waals surface area contributed by atoms with Crippen LogP contribution in [0.5, 0.6) is 0 Å². The number of carboxylic acid groups (broad SMARTS) is 1. The maximum absolute atomic E-state index is 10.7. The number of benzene rings is 2. The van der Waals surface area contributed by atoms with E-state index in [-0.39, 0.29) is 5.56 Å². The van der Waals surface area contributed by atoms with E-state index in [0.29, 0.717) is 11.0 Å². The molecule has 0 N–H and O–H groups in total. The van der Waals surface area contributed by atoms with Gasteiger partial charge in [0.05, 0.1) is 28.0 Å². The van der Waals surface area contributed by atoms with Gasteiger partial charge in [0.1, 0.15) is 0 Å². The molecule has 4 nitrogen and oxygen atoms in total. The van der Waals surface area contributed by atoms with E-state index in [0.717, 1.165) is 11.0 Å². The molecule has 3 rings (SSSR count). The standard InChI is InChI=1S/C13H8N2O2/c16-13(17)8-5-6-11-12(7-8)15-10-4-2-1-3-9(10)14-11/h1-7H,(H,16,17)/p-1. The molecule has 0 saturated heterocycles. The van der Waals surface area contributed by atoms with Gasteiger partial charge in [-0.05, 0) is 29.8 Å². The van der Waals surface area contributed by atoms with E-state index in [1.54, 1.807) is 6.07 Å². The van der Waals surface area contributed by atoms with Crippen LogP contribution in [0.2, 0.25) is 0 Å². The van der Waals surface area contributed by atoms with E-state index in [1.807, 2.05) is 24.3 Å². The molecule has 0 spiro atoms. The molecule has 0 aliphatic heterocycles. The highest BCUT2D eigenvalue weighted by atomic mass is 16.4. The third kappa shape index (κ3) is 1.59. The summed E-state index contributed by atoms with van der Waals surface area (Å²) in [5, 5.41) is 10.7. The number of carbonyl (C=O) groups is 1. The maximum atomic E-state index is 10.7. The fourth-order valence-electron chi connectivity index (χ4n) is 1.75. The monoisotopic (exact) mass is 223 g/mol. The zero-order valence-electron chi connectivity index (χ0n) is 8.75. The lowest BCUT2D eigenvalue weighted by Crippen LogP contribution is -2.22. The van der Waals surface area contributed by atoms with Gasteiger partial charge in [0.2, 0.25) is 0 Å². The average molecular weight is 223 g/mol. The number of nitrogens with zero attached hydrogens (tertiary/aromatic N) is 2. The Labute approximate surface area is 96.6 Å². The summed E-state index contributed by atoms with van der Waals surface area (Å²) in [6.07, 6.45) is 0. The van der Waals surface area contributed by atoms with E-state index in [1.165, 1.54) is 12.1 Å². The number of carbonyl (C=O) groups excluding carboxylic acids is 1. The van der Waals surface area contributed by atoms with Crippen LogP contribution in [0.3, 0.4) is 0 Å². The number of para-hydroxylation sites is 2. The molecule has 0 radical (unpaired) electrons. The first-order valence-electron chi connectivity index (χ1n) is 5.12. The SMILES string of the molecule is O=C([O-])c1ccc2nc3ccccc3nc2c1. The van der Waals surface area contributed by atoms with Gasteiger partial charge in [0.25, 0.3) is 0 Å². The van der Waals surface area contributed by atoms with E-state index < -0.39 is 5.97 Å². The Morgan fingerprint density at radius 3 is 2.12 bits per heavy atom. The molecule has 0 unspecified atom stereocenters. The number of rotatable bonds is 1. The predicted octanol–water partition coefficient (Wildman–Crippen LogP) is 1.15. The minimum absolute atomic E-state index is 0.113.